The van der Waals surface area contributed by atoms with E-state index in [4.69, 9.17) is 37.9 Å². The summed E-state index contributed by atoms with van der Waals surface area (Å²) in [5.74, 6) is -5.88. The Balaban J connectivity index is 0.00000645. The molecule has 0 radical (unpaired) electrons. The van der Waals surface area contributed by atoms with E-state index < -0.39 is 183 Å². The summed E-state index contributed by atoms with van der Waals surface area (Å²) in [6, 6.07) is -3.70. The Morgan fingerprint density at radius 3 is 1.73 bits per heavy atom. The van der Waals surface area contributed by atoms with Gasteiger partial charge in [0.1, 0.15) is 97.5 Å². The number of carboxylic acids is 2. The van der Waals surface area contributed by atoms with E-state index in [1.165, 1.54) is 0 Å². The normalized spacial score (nSPS) is 36.7. The van der Waals surface area contributed by atoms with Crippen molar-refractivity contribution in [3.63, 3.8) is 0 Å². The number of fused-ring (bicyclic) bond motifs is 1. The summed E-state index contributed by atoms with van der Waals surface area (Å²) in [6.07, 6.45) is -35.9. The number of aliphatic carboxylic acids is 2. The monoisotopic (exact) mass is 1300 g/mol. The van der Waals surface area contributed by atoms with Crippen LogP contribution in [0.4, 0.5) is 4.79 Å². The predicted molar refractivity (Wildman–Crippen MR) is 264 cm³/mol. The van der Waals surface area contributed by atoms with E-state index in [1.54, 1.807) is 11.8 Å². The standard InChI is InChI=1S/C46H74N6O29S2.3Na/c1-17(55)49-26-35(76-44-32(63)29(60)30(61)38(79-44)40(65)66)28(59)20(14-53)74-43(26)78-37-31(62)33(64)45(80-39(37)41(67)68)77-36-27(50-18(2)56)42(75-21(15-54)34(36)81-83(70,71)72)73-13-12-48-24(58)9-4-3-7-11-47-23(57)10-6-5-8-22-25-19(16-82-22)51-46(69)52-25;;;/h19-22,25-39,42-45,53-54,59-64H,3-16H2,1-2H3,(H,47,57)(H,48,58)(H,49,55)(H,50,56)(H,65,66)(H,67,68)(H2,51,52,69)(H,70,71,72);;;/q;3*+1/p-3/t19-,20+,21+,22-,25-,26+,27+,28-,29-,30-,31+,32+,33+,34-,35+,36+,37-,38-,39-,42+,43-,44+,45+;;;/m0.../s1. The molecule has 6 heterocycles. The van der Waals surface area contributed by atoms with Crippen LogP contribution >= 0.6 is 11.8 Å². The number of nitrogens with one attached hydrogen (secondary N) is 6. The second kappa shape index (κ2) is 36.8. The van der Waals surface area contributed by atoms with Crippen molar-refractivity contribution in [1.29, 1.82) is 0 Å². The number of carbonyl (C=O) groups excluding carboxylic acids is 7. The summed E-state index contributed by atoms with van der Waals surface area (Å²) in [5.41, 5.74) is 0. The van der Waals surface area contributed by atoms with E-state index >= 15 is 0 Å². The van der Waals surface area contributed by atoms with Gasteiger partial charge < -0.3 is 135 Å². The maximum Gasteiger partial charge on any atom is 1.00 e. The van der Waals surface area contributed by atoms with Gasteiger partial charge in [-0.3, -0.25) is 23.4 Å². The molecule has 6 aliphatic heterocycles. The number of hydrogen-bond acceptors (Lipinski definition) is 30. The molecule has 40 heteroatoms. The van der Waals surface area contributed by atoms with Gasteiger partial charge in [-0.15, -0.1) is 0 Å². The Hall–Kier alpha value is -1.33. The van der Waals surface area contributed by atoms with Gasteiger partial charge in [0.25, 0.3) is 0 Å². The molecule has 0 unspecified atom stereocenters. The van der Waals surface area contributed by atoms with Gasteiger partial charge in [-0.05, 0) is 25.7 Å². The molecule has 0 aromatic heterocycles. The van der Waals surface area contributed by atoms with Gasteiger partial charge in [-0.25, -0.2) is 13.2 Å². The van der Waals surface area contributed by atoms with E-state index in [2.05, 4.69) is 36.1 Å². The molecule has 0 aromatic rings. The van der Waals surface area contributed by atoms with Crippen molar-refractivity contribution in [3.05, 3.63) is 0 Å². The zero-order chi connectivity index (χ0) is 61.0. The van der Waals surface area contributed by atoms with Crippen LogP contribution in [0.2, 0.25) is 0 Å². The molecule has 6 amide bonds. The zero-order valence-electron chi connectivity index (χ0n) is 47.6. The molecule has 6 aliphatic rings. The van der Waals surface area contributed by atoms with Gasteiger partial charge in [0.15, 0.2) is 25.2 Å². The number of amides is 6. The average Bonchev–Trinajstić information content (AvgIpc) is 2.83. The van der Waals surface area contributed by atoms with Crippen LogP contribution in [0, 0.1) is 0 Å². The Morgan fingerprint density at radius 1 is 0.616 bits per heavy atom. The Labute approximate surface area is 563 Å². The molecular formula is C46H71N6Na3O29S2. The van der Waals surface area contributed by atoms with E-state index in [0.717, 1.165) is 32.4 Å². The second-order valence-corrected chi connectivity index (χ2v) is 22.6. The molecular weight excluding hydrogens is 1230 g/mol. The first-order valence-corrected chi connectivity index (χ1v) is 28.9. The number of thioether (sulfide) groups is 1. The number of aliphatic hydroxyl groups is 8. The fourth-order valence-electron chi connectivity index (χ4n) is 10.3. The van der Waals surface area contributed by atoms with Gasteiger partial charge in [-0.1, -0.05) is 12.8 Å². The third-order valence-corrected chi connectivity index (χ3v) is 16.3. The minimum absolute atomic E-state index is 0. The van der Waals surface area contributed by atoms with Crippen LogP contribution < -0.4 is 131 Å². The van der Waals surface area contributed by atoms with Crippen molar-refractivity contribution < 1.29 is 228 Å². The first-order valence-electron chi connectivity index (χ1n) is 26.5. The first kappa shape index (κ1) is 78.9. The molecule has 6 saturated heterocycles. The van der Waals surface area contributed by atoms with Gasteiger partial charge in [0, 0.05) is 50.8 Å². The maximum atomic E-state index is 12.8. The van der Waals surface area contributed by atoms with Crippen molar-refractivity contribution >= 4 is 63.8 Å². The molecule has 0 spiro atoms. The molecule has 474 valence electrons. The molecule has 14 N–H and O–H groups in total. The number of ether oxygens (including phenoxy) is 8. The van der Waals surface area contributed by atoms with Crippen LogP contribution in [0.15, 0.2) is 0 Å². The minimum Gasteiger partial charge on any atom is -0.726 e. The van der Waals surface area contributed by atoms with E-state index in [9.17, 15) is 97.6 Å². The predicted octanol–water partition coefficient (Wildman–Crippen LogP) is -19.9. The fraction of sp³-hybridized carbons (Fsp3) is 0.848. The molecule has 23 atom stereocenters. The fourth-order valence-corrected chi connectivity index (χ4v) is 12.3. The van der Waals surface area contributed by atoms with Gasteiger partial charge >= 0.3 is 94.7 Å². The number of carboxylic acid groups (broad SMARTS) is 2. The van der Waals surface area contributed by atoms with Crippen LogP contribution in [0.5, 0.6) is 0 Å². The van der Waals surface area contributed by atoms with Gasteiger partial charge in [-0.2, -0.15) is 11.8 Å². The molecule has 35 nitrogen and oxygen atoms in total. The summed E-state index contributed by atoms with van der Waals surface area (Å²) >= 11 is 1.81. The van der Waals surface area contributed by atoms with Crippen molar-refractivity contribution in [2.24, 2.45) is 0 Å². The number of urea groups is 1. The van der Waals surface area contributed by atoms with Gasteiger partial charge in [0.2, 0.25) is 34.0 Å². The van der Waals surface area contributed by atoms with Gasteiger partial charge in [0.05, 0.1) is 43.8 Å². The van der Waals surface area contributed by atoms with Crippen molar-refractivity contribution in [2.45, 2.75) is 205 Å². The zero-order valence-corrected chi connectivity index (χ0v) is 55.3. The quantitative estimate of drug-likeness (QED) is 0.0109. The van der Waals surface area contributed by atoms with E-state index in [0.29, 0.717) is 43.9 Å². The van der Waals surface area contributed by atoms with Crippen LogP contribution in [-0.4, -0.2) is 274 Å². The number of unbranched alkanes of at least 4 members (excludes halogenated alkanes) is 3. The molecule has 0 aliphatic carbocycles. The summed E-state index contributed by atoms with van der Waals surface area (Å²) in [4.78, 5) is 86.4. The third kappa shape index (κ3) is 21.6. The summed E-state index contributed by atoms with van der Waals surface area (Å²) in [7, 11) is -5.79. The van der Waals surface area contributed by atoms with Crippen LogP contribution in [0.1, 0.15) is 65.2 Å². The largest absolute Gasteiger partial charge is 1.00 e. The summed E-state index contributed by atoms with van der Waals surface area (Å²) < 4.78 is 85.8. The average molecular weight is 1310 g/mol. The Kier molecular flexibility index (Phi) is 33.8. The van der Waals surface area contributed by atoms with Crippen LogP contribution in [0.3, 0.4) is 0 Å². The van der Waals surface area contributed by atoms with E-state index in [-0.39, 0.29) is 126 Å². The first-order chi connectivity index (χ1) is 39.2. The number of aliphatic hydroxyl groups excluding tert-OH is 8. The minimum atomic E-state index is -5.79. The SMILES string of the molecule is CC(=O)N[C@H]1[C@H](OCCNC(=O)CCCCCNC(=O)CCCC[C@@H]2SC[C@@H]3NC(=O)N[C@@H]32)O[C@H](CO)[C@H](OS(=O)(=O)[O-])[C@@H]1O[C@@H]1O[C@H](C(=O)[O-])[C@@H](O[C@@H]2O[C@H](CO)[C@H](O)[C@H](O[C@@H]3O[C@H](C(=O)[O-])[C@@H](O)[C@H](O)[C@H]3O)[C@H]2NC(C)=O)[C@H](O)[C@H]1O.[Na+].[Na+].[Na+]. The summed E-state index contributed by atoms with van der Waals surface area (Å²) in [6.45, 7) is -0.662. The number of rotatable bonds is 29. The number of carbonyl (C=O) groups is 7. The smallest absolute Gasteiger partial charge is 0.726 e. The van der Waals surface area contributed by atoms with Crippen LogP contribution in [0.25, 0.3) is 0 Å². The molecule has 6 rings (SSSR count). The summed E-state index contributed by atoms with van der Waals surface area (Å²) in [5, 5.41) is 127. The number of hydrogen-bond donors (Lipinski definition) is 14. The Morgan fingerprint density at radius 2 is 1.15 bits per heavy atom. The molecule has 6 fully saturated rings. The van der Waals surface area contributed by atoms with Crippen LogP contribution in [-0.2, 0) is 81.2 Å². The van der Waals surface area contributed by atoms with Crippen molar-refractivity contribution in [2.75, 3.05) is 38.7 Å². The van der Waals surface area contributed by atoms with Crippen molar-refractivity contribution in [1.82, 2.24) is 31.9 Å². The molecule has 0 bridgehead atoms. The third-order valence-electron chi connectivity index (χ3n) is 14.3. The maximum absolute atomic E-state index is 12.8. The second-order valence-electron chi connectivity index (χ2n) is 20.4. The topological polar surface area (TPSA) is 540 Å². The van der Waals surface area contributed by atoms with Crippen molar-refractivity contribution in [3.8, 4) is 0 Å². The molecule has 0 aromatic carbocycles. The molecule has 0 saturated carbocycles. The van der Waals surface area contributed by atoms with E-state index in [1.807, 2.05) is 0 Å². The molecule has 86 heavy (non-hydrogen) atoms. The Bertz CT molecular complexity index is 2350.